The second-order valence-corrected chi connectivity index (χ2v) is 4.63. The fraction of sp³-hybridized carbons (Fsp3) is 0.300. The highest BCUT2D eigenvalue weighted by atomic mass is 32.2. The van der Waals surface area contributed by atoms with Gasteiger partial charge in [0.15, 0.2) is 23.3 Å². The number of rotatable bonds is 2. The SMILES string of the molecule is O=C(Nc1c(F)c(F)cc(F)c1F)C1CSCN1. The van der Waals surface area contributed by atoms with Gasteiger partial charge >= 0.3 is 0 Å². The minimum Gasteiger partial charge on any atom is -0.320 e. The van der Waals surface area contributed by atoms with Crippen LogP contribution < -0.4 is 10.6 Å². The Labute approximate surface area is 104 Å². The van der Waals surface area contributed by atoms with E-state index in [0.717, 1.165) is 0 Å². The zero-order valence-corrected chi connectivity index (χ0v) is 9.71. The van der Waals surface area contributed by atoms with Crippen LogP contribution >= 0.6 is 11.8 Å². The molecule has 1 saturated heterocycles. The highest BCUT2D eigenvalue weighted by Gasteiger charge is 2.26. The number of carbonyl (C=O) groups excluding carboxylic acids is 1. The quantitative estimate of drug-likeness (QED) is 0.641. The molecule has 0 aliphatic carbocycles. The van der Waals surface area contributed by atoms with Crippen LogP contribution in [0.2, 0.25) is 0 Å². The number of anilines is 1. The van der Waals surface area contributed by atoms with Gasteiger partial charge in [-0.05, 0) is 0 Å². The summed E-state index contributed by atoms with van der Waals surface area (Å²) in [5.74, 6) is -6.13. The number of hydrogen-bond acceptors (Lipinski definition) is 3. The van der Waals surface area contributed by atoms with Crippen LogP contribution in [-0.2, 0) is 4.79 Å². The molecule has 1 atom stereocenters. The van der Waals surface area contributed by atoms with E-state index in [2.05, 4.69) is 5.32 Å². The number of nitrogens with one attached hydrogen (secondary N) is 2. The molecule has 1 unspecified atom stereocenters. The Balaban J connectivity index is 2.25. The van der Waals surface area contributed by atoms with E-state index in [1.54, 1.807) is 0 Å². The lowest BCUT2D eigenvalue weighted by Crippen LogP contribution is -2.38. The van der Waals surface area contributed by atoms with Crippen LogP contribution in [0.25, 0.3) is 0 Å². The van der Waals surface area contributed by atoms with E-state index < -0.39 is 40.9 Å². The van der Waals surface area contributed by atoms with Gasteiger partial charge in [-0.2, -0.15) is 0 Å². The Morgan fingerprint density at radius 2 is 1.89 bits per heavy atom. The van der Waals surface area contributed by atoms with E-state index in [9.17, 15) is 22.4 Å². The lowest BCUT2D eigenvalue weighted by atomic mass is 10.2. The van der Waals surface area contributed by atoms with E-state index >= 15 is 0 Å². The average Bonchev–Trinajstić information content (AvgIpc) is 2.85. The van der Waals surface area contributed by atoms with Crippen molar-refractivity contribution in [3.8, 4) is 0 Å². The van der Waals surface area contributed by atoms with Gasteiger partial charge in [-0.15, -0.1) is 11.8 Å². The second kappa shape index (κ2) is 5.15. The fourth-order valence-corrected chi connectivity index (χ4v) is 2.40. The Hall–Kier alpha value is -1.28. The van der Waals surface area contributed by atoms with Gasteiger partial charge in [0.2, 0.25) is 5.91 Å². The first-order valence-corrected chi connectivity index (χ1v) is 6.11. The molecule has 18 heavy (non-hydrogen) atoms. The van der Waals surface area contributed by atoms with E-state index in [4.69, 9.17) is 0 Å². The van der Waals surface area contributed by atoms with Crippen LogP contribution in [0.5, 0.6) is 0 Å². The van der Waals surface area contributed by atoms with Crippen LogP contribution in [0.4, 0.5) is 23.2 Å². The molecule has 1 aliphatic rings. The normalized spacial score (nSPS) is 19.0. The summed E-state index contributed by atoms with van der Waals surface area (Å²) in [6, 6.07) is -0.551. The molecule has 0 saturated carbocycles. The van der Waals surface area contributed by atoms with Crippen molar-refractivity contribution in [2.24, 2.45) is 0 Å². The molecule has 1 aromatic carbocycles. The molecule has 1 amide bonds. The Kier molecular flexibility index (Phi) is 3.76. The zero-order chi connectivity index (χ0) is 13.3. The van der Waals surface area contributed by atoms with E-state index in [1.165, 1.54) is 11.8 Å². The van der Waals surface area contributed by atoms with Crippen molar-refractivity contribution in [1.82, 2.24) is 5.32 Å². The minimum absolute atomic E-state index is 0.0873. The number of benzene rings is 1. The molecule has 2 rings (SSSR count). The largest absolute Gasteiger partial charge is 0.320 e. The summed E-state index contributed by atoms with van der Waals surface area (Å²) in [7, 11) is 0. The summed E-state index contributed by atoms with van der Waals surface area (Å²) in [6.45, 7) is 0. The van der Waals surface area contributed by atoms with Gasteiger partial charge < -0.3 is 5.32 Å². The van der Waals surface area contributed by atoms with E-state index in [1.807, 2.05) is 5.32 Å². The maximum Gasteiger partial charge on any atom is 0.242 e. The number of thioether (sulfide) groups is 1. The molecule has 1 aliphatic heterocycles. The molecule has 0 aromatic heterocycles. The third-order valence-corrected chi connectivity index (χ3v) is 3.33. The summed E-state index contributed by atoms with van der Waals surface area (Å²) >= 11 is 1.43. The van der Waals surface area contributed by atoms with Gasteiger partial charge in [-0.1, -0.05) is 0 Å². The van der Waals surface area contributed by atoms with Gasteiger partial charge in [-0.3, -0.25) is 10.1 Å². The van der Waals surface area contributed by atoms with Crippen molar-refractivity contribution < 1.29 is 22.4 Å². The second-order valence-electron chi connectivity index (χ2n) is 3.60. The van der Waals surface area contributed by atoms with Crippen LogP contribution in [0.1, 0.15) is 0 Å². The van der Waals surface area contributed by atoms with Crippen LogP contribution in [0.3, 0.4) is 0 Å². The maximum absolute atomic E-state index is 13.3. The summed E-state index contributed by atoms with van der Waals surface area (Å²) < 4.78 is 52.3. The lowest BCUT2D eigenvalue weighted by Gasteiger charge is -2.12. The smallest absolute Gasteiger partial charge is 0.242 e. The molecule has 98 valence electrons. The molecule has 1 aromatic rings. The summed E-state index contributed by atoms with van der Waals surface area (Å²) in [4.78, 5) is 11.6. The van der Waals surface area contributed by atoms with E-state index in [-0.39, 0.29) is 6.07 Å². The van der Waals surface area contributed by atoms with Crippen molar-refractivity contribution in [2.75, 3.05) is 16.9 Å². The van der Waals surface area contributed by atoms with Gasteiger partial charge in [0.25, 0.3) is 0 Å². The third kappa shape index (κ3) is 2.44. The first-order chi connectivity index (χ1) is 8.50. The Morgan fingerprint density at radius 3 is 2.39 bits per heavy atom. The zero-order valence-electron chi connectivity index (χ0n) is 8.90. The van der Waals surface area contributed by atoms with Gasteiger partial charge in [0.1, 0.15) is 5.69 Å². The number of carbonyl (C=O) groups is 1. The first kappa shape index (κ1) is 13.2. The number of amides is 1. The van der Waals surface area contributed by atoms with Crippen LogP contribution in [-0.4, -0.2) is 23.6 Å². The number of hydrogen-bond donors (Lipinski definition) is 2. The monoisotopic (exact) mass is 280 g/mol. The maximum atomic E-state index is 13.3. The lowest BCUT2D eigenvalue weighted by molar-refractivity contribution is -0.117. The van der Waals surface area contributed by atoms with Gasteiger partial charge in [-0.25, -0.2) is 17.6 Å². The number of halogens is 4. The summed E-state index contributed by atoms with van der Waals surface area (Å²) in [6.07, 6.45) is 0. The summed E-state index contributed by atoms with van der Waals surface area (Å²) in [5.41, 5.74) is -1.10. The van der Waals surface area contributed by atoms with Crippen LogP contribution in [0.15, 0.2) is 6.07 Å². The van der Waals surface area contributed by atoms with E-state index in [0.29, 0.717) is 11.6 Å². The van der Waals surface area contributed by atoms with Gasteiger partial charge in [0, 0.05) is 17.7 Å². The molecule has 1 fully saturated rings. The van der Waals surface area contributed by atoms with Gasteiger partial charge in [0.05, 0.1) is 6.04 Å². The van der Waals surface area contributed by atoms with Crippen molar-refractivity contribution in [1.29, 1.82) is 0 Å². The molecule has 8 heteroatoms. The molecule has 0 radical (unpaired) electrons. The predicted molar refractivity (Wildman–Crippen MR) is 59.2 cm³/mol. The summed E-state index contributed by atoms with van der Waals surface area (Å²) in [5, 5.41) is 4.62. The Morgan fingerprint density at radius 1 is 1.28 bits per heavy atom. The minimum atomic E-state index is -1.62. The predicted octanol–water partition coefficient (Wildman–Crippen LogP) is 1.84. The molecule has 0 spiro atoms. The Bertz CT molecular complexity index is 465. The topological polar surface area (TPSA) is 41.1 Å². The van der Waals surface area contributed by atoms with Crippen molar-refractivity contribution in [2.45, 2.75) is 6.04 Å². The molecular formula is C10H8F4N2OS. The average molecular weight is 280 g/mol. The molecule has 2 N–H and O–H groups in total. The first-order valence-electron chi connectivity index (χ1n) is 4.95. The fourth-order valence-electron chi connectivity index (χ4n) is 1.46. The highest BCUT2D eigenvalue weighted by Crippen LogP contribution is 2.24. The standard InChI is InChI=1S/C10H8F4N2OS/c11-4-1-5(12)8(14)9(7(4)13)16-10(17)6-2-18-3-15-6/h1,6,15H,2-3H2,(H,16,17). The molecule has 3 nitrogen and oxygen atoms in total. The van der Waals surface area contributed by atoms with Crippen molar-refractivity contribution in [3.63, 3.8) is 0 Å². The molecular weight excluding hydrogens is 272 g/mol. The molecule has 0 bridgehead atoms. The highest BCUT2D eigenvalue weighted by molar-refractivity contribution is 7.99. The third-order valence-electron chi connectivity index (χ3n) is 2.39. The van der Waals surface area contributed by atoms with Crippen molar-refractivity contribution >= 4 is 23.4 Å². The van der Waals surface area contributed by atoms with Crippen molar-refractivity contribution in [3.05, 3.63) is 29.3 Å². The molecule has 1 heterocycles. The van der Waals surface area contributed by atoms with Crippen LogP contribution in [0, 0.1) is 23.3 Å².